The van der Waals surface area contributed by atoms with E-state index >= 15 is 4.39 Å². The number of rotatable bonds is 4. The minimum Gasteiger partial charge on any atom is -0.369 e. The number of carbonyl (C=O) groups excluding carboxylic acids is 1. The second-order valence-corrected chi connectivity index (χ2v) is 8.52. The average Bonchev–Trinajstić information content (AvgIpc) is 3.29. The molecule has 4 N–H and O–H groups in total. The number of benzene rings is 3. The molecule has 7 heteroatoms. The SMILES string of the molecule is C=C1c2cc(F)c(N3CC[C@@H](CN)C3)cc2N(Cc2ccc3ccccc3c2)C(=O)N1N. The zero-order valence-corrected chi connectivity index (χ0v) is 17.8. The Morgan fingerprint density at radius 3 is 2.59 bits per heavy atom. The summed E-state index contributed by atoms with van der Waals surface area (Å²) in [5.74, 6) is 6.01. The molecule has 32 heavy (non-hydrogen) atoms. The number of halogens is 1. The molecule has 6 nitrogen and oxygen atoms in total. The second kappa shape index (κ2) is 7.93. The Morgan fingerprint density at radius 2 is 1.84 bits per heavy atom. The van der Waals surface area contributed by atoms with Gasteiger partial charge in [-0.3, -0.25) is 4.90 Å². The van der Waals surface area contributed by atoms with Crippen LogP contribution in [0.3, 0.4) is 0 Å². The molecular formula is C25H26FN5O. The van der Waals surface area contributed by atoms with E-state index in [0.717, 1.165) is 34.3 Å². The molecule has 0 bridgehead atoms. The molecule has 0 radical (unpaired) electrons. The number of hydrogen-bond acceptors (Lipinski definition) is 4. The van der Waals surface area contributed by atoms with Crippen molar-refractivity contribution in [3.8, 4) is 0 Å². The predicted molar refractivity (Wildman–Crippen MR) is 126 cm³/mol. The van der Waals surface area contributed by atoms with Crippen LogP contribution in [0.2, 0.25) is 0 Å². The van der Waals surface area contributed by atoms with Crippen molar-refractivity contribution in [2.45, 2.75) is 13.0 Å². The fourth-order valence-electron chi connectivity index (χ4n) is 4.64. The summed E-state index contributed by atoms with van der Waals surface area (Å²) in [5, 5.41) is 3.21. The maximum atomic E-state index is 15.1. The van der Waals surface area contributed by atoms with E-state index in [1.54, 1.807) is 11.0 Å². The average molecular weight is 432 g/mol. The third-order valence-electron chi connectivity index (χ3n) is 6.51. The number of fused-ring (bicyclic) bond motifs is 2. The summed E-state index contributed by atoms with van der Waals surface area (Å²) in [6, 6.07) is 16.9. The fraction of sp³-hybridized carbons (Fsp3) is 0.240. The van der Waals surface area contributed by atoms with Crippen LogP contribution in [0.15, 0.2) is 61.2 Å². The first-order chi connectivity index (χ1) is 15.5. The monoisotopic (exact) mass is 431 g/mol. The fourth-order valence-corrected chi connectivity index (χ4v) is 4.64. The summed E-state index contributed by atoms with van der Waals surface area (Å²) in [6.07, 6.45) is 0.927. The molecule has 3 aromatic rings. The van der Waals surface area contributed by atoms with Crippen LogP contribution in [-0.4, -0.2) is 30.7 Å². The molecule has 5 rings (SSSR count). The molecule has 164 valence electrons. The molecule has 2 aliphatic rings. The number of amides is 2. The third-order valence-corrected chi connectivity index (χ3v) is 6.51. The van der Waals surface area contributed by atoms with Crippen molar-refractivity contribution in [1.82, 2.24) is 5.01 Å². The van der Waals surface area contributed by atoms with Crippen molar-refractivity contribution >= 4 is 33.9 Å². The molecule has 3 aromatic carbocycles. The van der Waals surface area contributed by atoms with Crippen molar-refractivity contribution in [1.29, 1.82) is 0 Å². The standard InChI is InChI=1S/C25H26FN5O/c1-16-21-11-22(26)24(29-9-8-18(13-27)14-29)12-23(21)30(25(32)31(16)28)15-17-6-7-19-4-2-3-5-20(19)10-17/h2-7,10-12,18H,1,8-9,13-15,27-28H2/t18-/m0/s1. The van der Waals surface area contributed by atoms with Crippen LogP contribution in [0.1, 0.15) is 17.5 Å². The number of nitrogens with two attached hydrogens (primary N) is 2. The molecule has 2 heterocycles. The lowest BCUT2D eigenvalue weighted by Gasteiger charge is -2.37. The number of urea groups is 1. The maximum Gasteiger partial charge on any atom is 0.343 e. The molecular weight excluding hydrogens is 405 g/mol. The Morgan fingerprint density at radius 1 is 1.06 bits per heavy atom. The van der Waals surface area contributed by atoms with Crippen LogP contribution in [-0.2, 0) is 6.54 Å². The first kappa shape index (κ1) is 20.5. The highest BCUT2D eigenvalue weighted by atomic mass is 19.1. The Kier molecular flexibility index (Phi) is 5.07. The molecule has 2 amide bonds. The van der Waals surface area contributed by atoms with E-state index in [9.17, 15) is 4.79 Å². The van der Waals surface area contributed by atoms with Gasteiger partial charge in [0, 0.05) is 18.7 Å². The number of nitrogens with zero attached hydrogens (tertiary/aromatic N) is 3. The van der Waals surface area contributed by atoms with Gasteiger partial charge in [-0.1, -0.05) is 43.0 Å². The molecule has 2 aliphatic heterocycles. The zero-order valence-electron chi connectivity index (χ0n) is 17.8. The van der Waals surface area contributed by atoms with Gasteiger partial charge in [-0.2, -0.15) is 0 Å². The van der Waals surface area contributed by atoms with Gasteiger partial charge in [-0.15, -0.1) is 0 Å². The van der Waals surface area contributed by atoms with Crippen molar-refractivity contribution in [2.24, 2.45) is 17.5 Å². The third kappa shape index (κ3) is 3.39. The molecule has 1 atom stereocenters. The van der Waals surface area contributed by atoms with Crippen LogP contribution in [0.5, 0.6) is 0 Å². The molecule has 0 aliphatic carbocycles. The van der Waals surface area contributed by atoms with E-state index in [0.29, 0.717) is 42.5 Å². The van der Waals surface area contributed by atoms with E-state index in [4.69, 9.17) is 11.6 Å². The number of hydrazine groups is 1. The quantitative estimate of drug-likeness (QED) is 0.483. The Hall–Kier alpha value is -3.42. The van der Waals surface area contributed by atoms with E-state index in [2.05, 4.69) is 12.6 Å². The highest BCUT2D eigenvalue weighted by molar-refractivity contribution is 6.04. The lowest BCUT2D eigenvalue weighted by Crippen LogP contribution is -2.49. The largest absolute Gasteiger partial charge is 0.369 e. The van der Waals surface area contributed by atoms with Gasteiger partial charge in [0.15, 0.2) is 0 Å². The van der Waals surface area contributed by atoms with Crippen LogP contribution in [0.4, 0.5) is 20.6 Å². The van der Waals surface area contributed by atoms with E-state index in [1.165, 1.54) is 6.07 Å². The summed E-state index contributed by atoms with van der Waals surface area (Å²) in [6.45, 7) is 6.25. The van der Waals surface area contributed by atoms with E-state index in [1.807, 2.05) is 41.3 Å². The zero-order chi connectivity index (χ0) is 22.4. The summed E-state index contributed by atoms with van der Waals surface area (Å²) in [5.41, 5.74) is 8.67. The topological polar surface area (TPSA) is 78.8 Å². The molecule has 1 saturated heterocycles. The first-order valence-corrected chi connectivity index (χ1v) is 10.8. The van der Waals surface area contributed by atoms with Gasteiger partial charge in [0.1, 0.15) is 5.82 Å². The minimum atomic E-state index is -0.394. The van der Waals surface area contributed by atoms with Gasteiger partial charge >= 0.3 is 6.03 Å². The van der Waals surface area contributed by atoms with Crippen LogP contribution < -0.4 is 21.4 Å². The van der Waals surface area contributed by atoms with Gasteiger partial charge in [0.05, 0.1) is 23.6 Å². The summed E-state index contributed by atoms with van der Waals surface area (Å²) in [4.78, 5) is 16.7. The number of carbonyl (C=O) groups is 1. The minimum absolute atomic E-state index is 0.284. The van der Waals surface area contributed by atoms with E-state index in [-0.39, 0.29) is 11.5 Å². The lowest BCUT2D eigenvalue weighted by molar-refractivity contribution is 0.223. The van der Waals surface area contributed by atoms with Crippen LogP contribution >= 0.6 is 0 Å². The molecule has 0 spiro atoms. The van der Waals surface area contributed by atoms with Crippen molar-refractivity contribution in [2.75, 3.05) is 29.4 Å². The summed E-state index contributed by atoms with van der Waals surface area (Å²) < 4.78 is 15.1. The van der Waals surface area contributed by atoms with Crippen molar-refractivity contribution in [3.63, 3.8) is 0 Å². The summed E-state index contributed by atoms with van der Waals surface area (Å²) in [7, 11) is 0. The predicted octanol–water partition coefficient (Wildman–Crippen LogP) is 4.05. The number of anilines is 2. The molecule has 0 unspecified atom stereocenters. The normalized spacial score (nSPS) is 18.6. The smallest absolute Gasteiger partial charge is 0.343 e. The maximum absolute atomic E-state index is 15.1. The molecule has 0 aromatic heterocycles. The van der Waals surface area contributed by atoms with Gasteiger partial charge in [0.2, 0.25) is 0 Å². The van der Waals surface area contributed by atoms with Crippen molar-refractivity contribution < 1.29 is 9.18 Å². The second-order valence-electron chi connectivity index (χ2n) is 8.52. The Labute approximate surface area is 186 Å². The van der Waals surface area contributed by atoms with Crippen molar-refractivity contribution in [3.05, 3.63) is 78.1 Å². The Balaban J connectivity index is 1.55. The summed E-state index contributed by atoms with van der Waals surface area (Å²) >= 11 is 0. The molecule has 0 saturated carbocycles. The molecule has 1 fully saturated rings. The number of hydrogen-bond donors (Lipinski definition) is 2. The van der Waals surface area contributed by atoms with E-state index < -0.39 is 6.03 Å². The lowest BCUT2D eigenvalue weighted by atomic mass is 10.0. The highest BCUT2D eigenvalue weighted by Gasteiger charge is 2.34. The van der Waals surface area contributed by atoms with Crippen LogP contribution in [0, 0.1) is 11.7 Å². The highest BCUT2D eigenvalue weighted by Crippen LogP contribution is 2.40. The van der Waals surface area contributed by atoms with Gasteiger partial charge in [-0.05, 0) is 53.4 Å². The van der Waals surface area contributed by atoms with Gasteiger partial charge in [0.25, 0.3) is 0 Å². The van der Waals surface area contributed by atoms with Crippen LogP contribution in [0.25, 0.3) is 16.5 Å². The van der Waals surface area contributed by atoms with Gasteiger partial charge < -0.3 is 10.6 Å². The Bertz CT molecular complexity index is 1230. The van der Waals surface area contributed by atoms with Gasteiger partial charge in [-0.25, -0.2) is 20.0 Å². The first-order valence-electron chi connectivity index (χ1n) is 10.8.